The molecule has 1 aliphatic rings. The normalized spacial score (nSPS) is 16.6. The molecule has 1 heterocycles. The second-order valence-electron chi connectivity index (χ2n) is 6.57. The first-order chi connectivity index (χ1) is 12.6. The Morgan fingerprint density at radius 3 is 2.50 bits per heavy atom. The Hall–Kier alpha value is -2.82. The average Bonchev–Trinajstić information content (AvgIpc) is 3.07. The number of benzene rings is 2. The molecule has 0 spiro atoms. The molecule has 5 nitrogen and oxygen atoms in total. The zero-order valence-electron chi connectivity index (χ0n) is 15.2. The summed E-state index contributed by atoms with van der Waals surface area (Å²) in [6.45, 7) is 1.12. The van der Waals surface area contributed by atoms with Crippen molar-refractivity contribution in [2.24, 2.45) is 5.92 Å². The Morgan fingerprint density at radius 2 is 1.85 bits per heavy atom. The van der Waals surface area contributed by atoms with Crippen LogP contribution in [0.15, 0.2) is 54.6 Å². The minimum absolute atomic E-state index is 0.00324. The van der Waals surface area contributed by atoms with Crippen LogP contribution in [0.5, 0.6) is 5.75 Å². The van der Waals surface area contributed by atoms with Crippen molar-refractivity contribution < 1.29 is 14.3 Å². The van der Waals surface area contributed by atoms with Gasteiger partial charge in [-0.1, -0.05) is 30.3 Å². The van der Waals surface area contributed by atoms with E-state index in [-0.39, 0.29) is 17.7 Å². The second-order valence-corrected chi connectivity index (χ2v) is 6.57. The van der Waals surface area contributed by atoms with Crippen molar-refractivity contribution in [3.05, 3.63) is 60.2 Å². The lowest BCUT2D eigenvalue weighted by atomic mass is 10.1. The maximum atomic E-state index is 12.7. The summed E-state index contributed by atoms with van der Waals surface area (Å²) in [6.07, 6.45) is 1.06. The number of carbonyl (C=O) groups excluding carboxylic acids is 2. The first kappa shape index (κ1) is 18.0. The highest BCUT2D eigenvalue weighted by Crippen LogP contribution is 2.23. The summed E-state index contributed by atoms with van der Waals surface area (Å²) in [6, 6.07) is 17.4. The minimum atomic E-state index is -0.274. The predicted octanol–water partition coefficient (Wildman–Crippen LogP) is 2.75. The van der Waals surface area contributed by atoms with Crippen molar-refractivity contribution in [3.63, 3.8) is 0 Å². The quantitative estimate of drug-likeness (QED) is 0.803. The summed E-state index contributed by atoms with van der Waals surface area (Å²) >= 11 is 0. The fourth-order valence-electron chi connectivity index (χ4n) is 3.26. The number of methoxy groups -OCH3 is 1. The molecule has 0 radical (unpaired) electrons. The summed E-state index contributed by atoms with van der Waals surface area (Å²) in [5.41, 5.74) is 2.00. The van der Waals surface area contributed by atoms with Crippen LogP contribution in [0.1, 0.15) is 12.0 Å². The molecule has 1 unspecified atom stereocenters. The molecule has 2 amide bonds. The molecule has 0 aliphatic carbocycles. The van der Waals surface area contributed by atoms with Gasteiger partial charge < -0.3 is 14.5 Å². The number of rotatable bonds is 6. The standard InChI is InChI=1S/C21H24N2O3/c1-22(18-6-4-3-5-7-18)21(25)17-14-20(24)23(15-17)13-12-16-8-10-19(26-2)11-9-16/h3-11,17H,12-15H2,1-2H3. The highest BCUT2D eigenvalue weighted by molar-refractivity contribution is 5.98. The molecule has 2 aromatic carbocycles. The van der Waals surface area contributed by atoms with Gasteiger partial charge in [0, 0.05) is 32.2 Å². The summed E-state index contributed by atoms with van der Waals surface area (Å²) < 4.78 is 5.16. The Balaban J connectivity index is 1.56. The van der Waals surface area contributed by atoms with Crippen LogP contribution in [0.2, 0.25) is 0 Å². The van der Waals surface area contributed by atoms with Gasteiger partial charge in [0.15, 0.2) is 0 Å². The lowest BCUT2D eigenvalue weighted by Crippen LogP contribution is -2.35. The molecule has 0 saturated carbocycles. The van der Waals surface area contributed by atoms with Crippen molar-refractivity contribution in [1.82, 2.24) is 4.90 Å². The molecule has 136 valence electrons. The average molecular weight is 352 g/mol. The third-order valence-corrected chi connectivity index (χ3v) is 4.87. The highest BCUT2D eigenvalue weighted by atomic mass is 16.5. The molecule has 2 aromatic rings. The molecule has 0 N–H and O–H groups in total. The first-order valence-corrected chi connectivity index (χ1v) is 8.82. The number of hydrogen-bond acceptors (Lipinski definition) is 3. The third kappa shape index (κ3) is 4.04. The molecule has 5 heteroatoms. The number of amides is 2. The van der Waals surface area contributed by atoms with Gasteiger partial charge in [-0.15, -0.1) is 0 Å². The van der Waals surface area contributed by atoms with Gasteiger partial charge in [0.2, 0.25) is 11.8 Å². The summed E-state index contributed by atoms with van der Waals surface area (Å²) in [7, 11) is 3.41. The molecule has 3 rings (SSSR count). The van der Waals surface area contributed by atoms with Gasteiger partial charge >= 0.3 is 0 Å². The molecule has 26 heavy (non-hydrogen) atoms. The van der Waals surface area contributed by atoms with Gasteiger partial charge in [-0.3, -0.25) is 9.59 Å². The molecule has 0 bridgehead atoms. The van der Waals surface area contributed by atoms with Crippen LogP contribution in [0.4, 0.5) is 5.69 Å². The fourth-order valence-corrected chi connectivity index (χ4v) is 3.26. The Labute approximate surface area is 154 Å². The van der Waals surface area contributed by atoms with Crippen LogP contribution in [0.25, 0.3) is 0 Å². The van der Waals surface area contributed by atoms with Gasteiger partial charge in [-0.05, 0) is 36.2 Å². The predicted molar refractivity (Wildman–Crippen MR) is 101 cm³/mol. The van der Waals surface area contributed by atoms with Crippen molar-refractivity contribution in [2.75, 3.05) is 32.1 Å². The third-order valence-electron chi connectivity index (χ3n) is 4.87. The van der Waals surface area contributed by atoms with E-state index in [1.165, 1.54) is 0 Å². The van der Waals surface area contributed by atoms with Crippen LogP contribution < -0.4 is 9.64 Å². The molecule has 1 saturated heterocycles. The van der Waals surface area contributed by atoms with E-state index in [1.54, 1.807) is 24.0 Å². The van der Waals surface area contributed by atoms with E-state index in [4.69, 9.17) is 4.74 Å². The van der Waals surface area contributed by atoms with E-state index in [0.717, 1.165) is 23.4 Å². The maximum absolute atomic E-state index is 12.7. The molecule has 0 aromatic heterocycles. The number of likely N-dealkylation sites (tertiary alicyclic amines) is 1. The van der Waals surface area contributed by atoms with Gasteiger partial charge in [0.05, 0.1) is 13.0 Å². The SMILES string of the molecule is COc1ccc(CCN2CC(C(=O)N(C)c3ccccc3)CC2=O)cc1. The minimum Gasteiger partial charge on any atom is -0.497 e. The Bertz CT molecular complexity index is 759. The number of nitrogens with zero attached hydrogens (tertiary/aromatic N) is 2. The van der Waals surface area contributed by atoms with E-state index in [1.807, 2.05) is 54.6 Å². The zero-order chi connectivity index (χ0) is 18.5. The largest absolute Gasteiger partial charge is 0.497 e. The van der Waals surface area contributed by atoms with E-state index >= 15 is 0 Å². The van der Waals surface area contributed by atoms with E-state index in [0.29, 0.717) is 19.5 Å². The molecular weight excluding hydrogens is 328 g/mol. The Morgan fingerprint density at radius 1 is 1.15 bits per heavy atom. The molecule has 1 atom stereocenters. The van der Waals surface area contributed by atoms with Crippen molar-refractivity contribution >= 4 is 17.5 Å². The van der Waals surface area contributed by atoms with Crippen LogP contribution in [-0.4, -0.2) is 44.0 Å². The fraction of sp³-hybridized carbons (Fsp3) is 0.333. The van der Waals surface area contributed by atoms with Crippen LogP contribution in [0, 0.1) is 5.92 Å². The second kappa shape index (κ2) is 8.04. The van der Waals surface area contributed by atoms with Crippen LogP contribution in [0.3, 0.4) is 0 Å². The van der Waals surface area contributed by atoms with Crippen LogP contribution >= 0.6 is 0 Å². The number of hydrogen-bond donors (Lipinski definition) is 0. The van der Waals surface area contributed by atoms with Gasteiger partial charge in [0.1, 0.15) is 5.75 Å². The molecular formula is C21H24N2O3. The lowest BCUT2D eigenvalue weighted by molar-refractivity contribution is -0.128. The van der Waals surface area contributed by atoms with Crippen LogP contribution in [-0.2, 0) is 16.0 Å². The number of carbonyl (C=O) groups is 2. The summed E-state index contributed by atoms with van der Waals surface area (Å²) in [5, 5.41) is 0. The van der Waals surface area contributed by atoms with E-state index in [9.17, 15) is 9.59 Å². The smallest absolute Gasteiger partial charge is 0.232 e. The summed E-state index contributed by atoms with van der Waals surface area (Å²) in [4.78, 5) is 28.5. The first-order valence-electron chi connectivity index (χ1n) is 8.82. The lowest BCUT2D eigenvalue weighted by Gasteiger charge is -2.21. The van der Waals surface area contributed by atoms with Crippen molar-refractivity contribution in [2.45, 2.75) is 12.8 Å². The van der Waals surface area contributed by atoms with Gasteiger partial charge in [-0.25, -0.2) is 0 Å². The van der Waals surface area contributed by atoms with Gasteiger partial charge in [0.25, 0.3) is 0 Å². The highest BCUT2D eigenvalue weighted by Gasteiger charge is 2.35. The summed E-state index contributed by atoms with van der Waals surface area (Å²) in [5.74, 6) is 0.596. The maximum Gasteiger partial charge on any atom is 0.232 e. The van der Waals surface area contributed by atoms with E-state index < -0.39 is 0 Å². The van der Waals surface area contributed by atoms with Gasteiger partial charge in [-0.2, -0.15) is 0 Å². The number of para-hydroxylation sites is 1. The number of anilines is 1. The van der Waals surface area contributed by atoms with Crippen molar-refractivity contribution in [1.29, 1.82) is 0 Å². The topological polar surface area (TPSA) is 49.9 Å². The van der Waals surface area contributed by atoms with E-state index in [2.05, 4.69) is 0 Å². The monoisotopic (exact) mass is 352 g/mol. The van der Waals surface area contributed by atoms with Crippen molar-refractivity contribution in [3.8, 4) is 5.75 Å². The zero-order valence-corrected chi connectivity index (χ0v) is 15.2. The Kier molecular flexibility index (Phi) is 5.56. The molecule has 1 aliphatic heterocycles. The number of ether oxygens (including phenoxy) is 1. The molecule has 1 fully saturated rings.